The first-order chi connectivity index (χ1) is 7.18. The summed E-state index contributed by atoms with van der Waals surface area (Å²) in [6.45, 7) is 2.16. The van der Waals surface area contributed by atoms with Gasteiger partial charge in [0.05, 0.1) is 6.42 Å². The lowest BCUT2D eigenvalue weighted by Gasteiger charge is -2.24. The van der Waals surface area contributed by atoms with Crippen LogP contribution < -0.4 is 0 Å². The summed E-state index contributed by atoms with van der Waals surface area (Å²) in [5.41, 5.74) is 0. The van der Waals surface area contributed by atoms with Gasteiger partial charge >= 0.3 is 0 Å². The van der Waals surface area contributed by atoms with Crippen LogP contribution in [0.25, 0.3) is 0 Å². The Morgan fingerprint density at radius 3 is 2.93 bits per heavy atom. The topological polar surface area (TPSA) is 20.3 Å². The number of carbonyl (C=O) groups excluding carboxylic acids is 1. The van der Waals surface area contributed by atoms with Crippen molar-refractivity contribution in [1.29, 1.82) is 0 Å². The molecule has 0 bridgehead atoms. The third-order valence-electron chi connectivity index (χ3n) is 3.21. The van der Waals surface area contributed by atoms with Gasteiger partial charge in [-0.3, -0.25) is 4.79 Å². The Morgan fingerprint density at radius 1 is 1.67 bits per heavy atom. The fourth-order valence-corrected chi connectivity index (χ4v) is 2.50. The number of likely N-dealkylation sites (N-methyl/N-ethyl adjacent to an activating group) is 1. The van der Waals surface area contributed by atoms with Gasteiger partial charge in [0.15, 0.2) is 0 Å². The molecule has 82 valence electrons. The van der Waals surface area contributed by atoms with Crippen LogP contribution in [-0.4, -0.2) is 23.9 Å². The summed E-state index contributed by atoms with van der Waals surface area (Å²) < 4.78 is 0. The van der Waals surface area contributed by atoms with E-state index in [-0.39, 0.29) is 5.91 Å². The second kappa shape index (κ2) is 4.35. The third-order valence-corrected chi connectivity index (χ3v) is 4.09. The predicted octanol–water partition coefficient (Wildman–Crippen LogP) is 2.55. The Balaban J connectivity index is 1.89. The van der Waals surface area contributed by atoms with Crippen LogP contribution in [0.1, 0.15) is 24.6 Å². The zero-order valence-corrected chi connectivity index (χ0v) is 10.1. The Hall–Kier alpha value is -0.830. The summed E-state index contributed by atoms with van der Waals surface area (Å²) in [4.78, 5) is 15.0. The van der Waals surface area contributed by atoms with Crippen molar-refractivity contribution in [1.82, 2.24) is 4.90 Å². The molecule has 1 unspecified atom stereocenters. The second-order valence-electron chi connectivity index (χ2n) is 4.34. The van der Waals surface area contributed by atoms with Gasteiger partial charge in [-0.2, -0.15) is 0 Å². The molecule has 3 heteroatoms. The lowest BCUT2D eigenvalue weighted by molar-refractivity contribution is -0.131. The quantitative estimate of drug-likeness (QED) is 0.768. The monoisotopic (exact) mass is 223 g/mol. The molecule has 0 aromatic carbocycles. The zero-order valence-electron chi connectivity index (χ0n) is 9.27. The molecule has 2 nitrogen and oxygen atoms in total. The highest BCUT2D eigenvalue weighted by Crippen LogP contribution is 2.34. The number of hydrogen-bond acceptors (Lipinski definition) is 2. The Labute approximate surface area is 94.9 Å². The van der Waals surface area contributed by atoms with E-state index in [9.17, 15) is 4.79 Å². The lowest BCUT2D eigenvalue weighted by Crippen LogP contribution is -2.37. The number of rotatable bonds is 4. The van der Waals surface area contributed by atoms with Gasteiger partial charge < -0.3 is 4.90 Å². The molecule has 1 atom stereocenters. The minimum absolute atomic E-state index is 0.247. The molecule has 1 aromatic rings. The Morgan fingerprint density at radius 2 is 2.40 bits per heavy atom. The predicted molar refractivity (Wildman–Crippen MR) is 63.0 cm³/mol. The van der Waals surface area contributed by atoms with Gasteiger partial charge in [-0.1, -0.05) is 6.07 Å². The molecule has 0 radical (unpaired) electrons. The van der Waals surface area contributed by atoms with Crippen LogP contribution in [0.5, 0.6) is 0 Å². The molecular weight excluding hydrogens is 206 g/mol. The highest BCUT2D eigenvalue weighted by atomic mass is 32.1. The van der Waals surface area contributed by atoms with Crippen LogP contribution in [0, 0.1) is 5.92 Å². The van der Waals surface area contributed by atoms with Gasteiger partial charge in [-0.25, -0.2) is 0 Å². The molecule has 1 aliphatic carbocycles. The first kappa shape index (κ1) is 10.7. The molecule has 0 spiro atoms. The molecule has 1 heterocycles. The fourth-order valence-electron chi connectivity index (χ4n) is 1.81. The van der Waals surface area contributed by atoms with Crippen LogP contribution in [0.4, 0.5) is 0 Å². The molecule has 0 saturated heterocycles. The highest BCUT2D eigenvalue weighted by Gasteiger charge is 2.32. The summed E-state index contributed by atoms with van der Waals surface area (Å²) in [5, 5.41) is 2.02. The first-order valence-electron chi connectivity index (χ1n) is 5.46. The van der Waals surface area contributed by atoms with Crippen LogP contribution in [-0.2, 0) is 11.2 Å². The van der Waals surface area contributed by atoms with E-state index in [0.717, 1.165) is 10.8 Å². The van der Waals surface area contributed by atoms with Crippen molar-refractivity contribution in [2.24, 2.45) is 5.92 Å². The van der Waals surface area contributed by atoms with E-state index in [0.29, 0.717) is 12.5 Å². The molecule has 1 aromatic heterocycles. The standard InChI is InChI=1S/C12H17NOS/c1-9(10-5-6-10)13(2)12(14)8-11-4-3-7-15-11/h3-4,7,9-10H,5-6,8H2,1-2H3. The fraction of sp³-hybridized carbons (Fsp3) is 0.583. The molecule has 0 aliphatic heterocycles. The van der Waals surface area contributed by atoms with E-state index >= 15 is 0 Å². The van der Waals surface area contributed by atoms with E-state index in [4.69, 9.17) is 0 Å². The Bertz CT molecular complexity index is 329. The van der Waals surface area contributed by atoms with Crippen molar-refractivity contribution in [3.63, 3.8) is 0 Å². The normalized spacial score (nSPS) is 17.5. The van der Waals surface area contributed by atoms with Crippen LogP contribution in [0.2, 0.25) is 0 Å². The summed E-state index contributed by atoms with van der Waals surface area (Å²) >= 11 is 1.66. The minimum Gasteiger partial charge on any atom is -0.342 e. The summed E-state index contributed by atoms with van der Waals surface area (Å²) in [7, 11) is 1.93. The number of hydrogen-bond donors (Lipinski definition) is 0. The van der Waals surface area contributed by atoms with Crippen LogP contribution in [0.3, 0.4) is 0 Å². The van der Waals surface area contributed by atoms with E-state index in [2.05, 4.69) is 6.92 Å². The summed E-state index contributed by atoms with van der Waals surface area (Å²) in [6, 6.07) is 4.44. The van der Waals surface area contributed by atoms with Crippen LogP contribution in [0.15, 0.2) is 17.5 Å². The number of carbonyl (C=O) groups is 1. The highest BCUT2D eigenvalue weighted by molar-refractivity contribution is 7.10. The van der Waals surface area contributed by atoms with E-state index in [1.807, 2.05) is 29.5 Å². The summed E-state index contributed by atoms with van der Waals surface area (Å²) in [6.07, 6.45) is 3.14. The van der Waals surface area contributed by atoms with Gasteiger partial charge in [0.1, 0.15) is 0 Å². The third kappa shape index (κ3) is 2.59. The van der Waals surface area contributed by atoms with Gasteiger partial charge in [0.25, 0.3) is 0 Å². The van der Waals surface area contributed by atoms with Crippen molar-refractivity contribution in [2.45, 2.75) is 32.2 Å². The van der Waals surface area contributed by atoms with Crippen molar-refractivity contribution < 1.29 is 4.79 Å². The maximum Gasteiger partial charge on any atom is 0.227 e. The smallest absolute Gasteiger partial charge is 0.227 e. The summed E-state index contributed by atoms with van der Waals surface area (Å²) in [5.74, 6) is 0.999. The minimum atomic E-state index is 0.247. The molecule has 1 aliphatic rings. The molecule has 1 fully saturated rings. The average Bonchev–Trinajstić information content (AvgIpc) is 2.96. The maximum absolute atomic E-state index is 11.9. The number of thiophene rings is 1. The number of amides is 1. The van der Waals surface area contributed by atoms with Crippen molar-refractivity contribution >= 4 is 17.2 Å². The SMILES string of the molecule is CC(C1CC1)N(C)C(=O)Cc1cccs1. The van der Waals surface area contributed by atoms with Crippen molar-refractivity contribution in [2.75, 3.05) is 7.05 Å². The first-order valence-corrected chi connectivity index (χ1v) is 6.34. The van der Waals surface area contributed by atoms with Gasteiger partial charge in [0, 0.05) is 18.0 Å². The lowest BCUT2D eigenvalue weighted by atomic mass is 10.2. The number of nitrogens with zero attached hydrogens (tertiary/aromatic N) is 1. The molecule has 15 heavy (non-hydrogen) atoms. The van der Waals surface area contributed by atoms with Crippen molar-refractivity contribution in [3.8, 4) is 0 Å². The van der Waals surface area contributed by atoms with E-state index in [1.54, 1.807) is 11.3 Å². The zero-order chi connectivity index (χ0) is 10.8. The van der Waals surface area contributed by atoms with Gasteiger partial charge in [0.2, 0.25) is 5.91 Å². The molecule has 2 rings (SSSR count). The molecule has 0 N–H and O–H groups in total. The average molecular weight is 223 g/mol. The maximum atomic E-state index is 11.9. The van der Waals surface area contributed by atoms with E-state index < -0.39 is 0 Å². The van der Waals surface area contributed by atoms with E-state index in [1.165, 1.54) is 12.8 Å². The molecule has 1 saturated carbocycles. The largest absolute Gasteiger partial charge is 0.342 e. The molecular formula is C12H17NOS. The van der Waals surface area contributed by atoms with Crippen LogP contribution >= 0.6 is 11.3 Å². The van der Waals surface area contributed by atoms with Gasteiger partial charge in [-0.15, -0.1) is 11.3 Å². The molecule has 1 amide bonds. The van der Waals surface area contributed by atoms with Crippen molar-refractivity contribution in [3.05, 3.63) is 22.4 Å². The second-order valence-corrected chi connectivity index (χ2v) is 5.37. The van der Waals surface area contributed by atoms with Gasteiger partial charge in [-0.05, 0) is 37.1 Å². The Kier molecular flexibility index (Phi) is 3.10.